The molecule has 0 aromatic heterocycles. The maximum absolute atomic E-state index is 11.5. The molecule has 0 heterocycles. The van der Waals surface area contributed by atoms with Gasteiger partial charge in [0, 0.05) is 5.02 Å². The summed E-state index contributed by atoms with van der Waals surface area (Å²) < 4.78 is 5.64. The highest BCUT2D eigenvalue weighted by Gasteiger charge is 2.50. The summed E-state index contributed by atoms with van der Waals surface area (Å²) in [4.78, 5) is 11.5. The van der Waals surface area contributed by atoms with Crippen molar-refractivity contribution in [1.82, 2.24) is 0 Å². The Morgan fingerprint density at radius 2 is 2.09 bits per heavy atom. The molecular formula is C19H23ClO3. The number of fused-ring (bicyclic) bond motifs is 1. The van der Waals surface area contributed by atoms with Gasteiger partial charge in [0.05, 0.1) is 0 Å². The lowest BCUT2D eigenvalue weighted by Crippen LogP contribution is -2.48. The van der Waals surface area contributed by atoms with Crippen molar-refractivity contribution >= 4 is 17.6 Å². The molecule has 0 amide bonds. The Bertz CT molecular complexity index is 618. The number of aliphatic carboxylic acids is 1. The van der Waals surface area contributed by atoms with Gasteiger partial charge in [-0.15, -0.1) is 0 Å². The minimum Gasteiger partial charge on any atom is -0.479 e. The second kappa shape index (κ2) is 6.20. The number of carboxylic acid groups (broad SMARTS) is 1. The number of benzene rings is 1. The summed E-state index contributed by atoms with van der Waals surface area (Å²) in [6.07, 6.45) is 5.19. The van der Waals surface area contributed by atoms with E-state index in [1.165, 1.54) is 12.0 Å². The van der Waals surface area contributed by atoms with Crippen LogP contribution in [0, 0.1) is 17.3 Å². The van der Waals surface area contributed by atoms with Crippen LogP contribution in [0.2, 0.25) is 5.02 Å². The molecule has 1 aromatic carbocycles. The van der Waals surface area contributed by atoms with Crippen molar-refractivity contribution in [2.24, 2.45) is 17.3 Å². The van der Waals surface area contributed by atoms with Crippen molar-refractivity contribution in [2.75, 3.05) is 0 Å². The van der Waals surface area contributed by atoms with Crippen molar-refractivity contribution in [3.05, 3.63) is 40.9 Å². The van der Waals surface area contributed by atoms with Crippen LogP contribution in [0.1, 0.15) is 39.5 Å². The van der Waals surface area contributed by atoms with E-state index in [-0.39, 0.29) is 0 Å². The molecule has 4 heteroatoms. The van der Waals surface area contributed by atoms with Crippen LogP contribution >= 0.6 is 11.6 Å². The van der Waals surface area contributed by atoms with Crippen LogP contribution in [-0.4, -0.2) is 17.2 Å². The van der Waals surface area contributed by atoms with E-state index in [2.05, 4.69) is 19.9 Å². The van der Waals surface area contributed by atoms with E-state index >= 15 is 0 Å². The zero-order valence-electron chi connectivity index (χ0n) is 13.6. The molecule has 3 unspecified atom stereocenters. The van der Waals surface area contributed by atoms with Crippen molar-refractivity contribution in [1.29, 1.82) is 0 Å². The Labute approximate surface area is 142 Å². The average molecular weight is 335 g/mol. The standard InChI is InChI=1S/C19H23ClO3/c1-19(2)13-5-3-12(16(19)11-13)4-10-17(18(21)22)23-15-8-6-14(20)7-9-15/h3,6-9,13,16-17H,4-5,10-11H2,1-2H3,(H,21,22). The smallest absolute Gasteiger partial charge is 0.344 e. The number of hydrogen-bond acceptors (Lipinski definition) is 2. The summed E-state index contributed by atoms with van der Waals surface area (Å²) in [7, 11) is 0. The number of halogens is 1. The van der Waals surface area contributed by atoms with Crippen LogP contribution in [0.4, 0.5) is 0 Å². The monoisotopic (exact) mass is 334 g/mol. The highest BCUT2D eigenvalue weighted by molar-refractivity contribution is 6.30. The van der Waals surface area contributed by atoms with Crippen LogP contribution in [0.15, 0.2) is 35.9 Å². The Kier molecular flexibility index (Phi) is 4.41. The van der Waals surface area contributed by atoms with Crippen LogP contribution < -0.4 is 4.74 Å². The minimum atomic E-state index is -0.915. The van der Waals surface area contributed by atoms with Gasteiger partial charge in [-0.25, -0.2) is 4.79 Å². The zero-order chi connectivity index (χ0) is 16.6. The Morgan fingerprint density at radius 3 is 2.65 bits per heavy atom. The van der Waals surface area contributed by atoms with Crippen LogP contribution in [-0.2, 0) is 4.79 Å². The van der Waals surface area contributed by atoms with E-state index in [1.54, 1.807) is 24.3 Å². The Morgan fingerprint density at radius 1 is 1.39 bits per heavy atom. The third-order valence-corrected chi connectivity index (χ3v) is 5.90. The van der Waals surface area contributed by atoms with Crippen molar-refractivity contribution < 1.29 is 14.6 Å². The fourth-order valence-corrected chi connectivity index (χ4v) is 4.09. The summed E-state index contributed by atoms with van der Waals surface area (Å²) in [5.74, 6) is 1.05. The number of carboxylic acids is 1. The molecule has 3 aliphatic rings. The molecule has 0 aliphatic heterocycles. The molecule has 4 rings (SSSR count). The lowest BCUT2D eigenvalue weighted by atomic mass is 9.48. The highest BCUT2D eigenvalue weighted by atomic mass is 35.5. The van der Waals surface area contributed by atoms with Gasteiger partial charge >= 0.3 is 5.97 Å². The molecule has 3 atom stereocenters. The van der Waals surface area contributed by atoms with Crippen LogP contribution in [0.5, 0.6) is 5.75 Å². The van der Waals surface area contributed by atoms with Gasteiger partial charge in [0.15, 0.2) is 6.10 Å². The van der Waals surface area contributed by atoms with Crippen molar-refractivity contribution in [3.8, 4) is 5.75 Å². The third-order valence-electron chi connectivity index (χ3n) is 5.65. The minimum absolute atomic E-state index is 0.375. The summed E-state index contributed by atoms with van der Waals surface area (Å²) in [6, 6.07) is 6.82. The van der Waals surface area contributed by atoms with E-state index in [1.807, 2.05) is 0 Å². The summed E-state index contributed by atoms with van der Waals surface area (Å²) in [6.45, 7) is 4.66. The molecule has 0 saturated heterocycles. The number of ether oxygens (including phenoxy) is 1. The van der Waals surface area contributed by atoms with E-state index in [9.17, 15) is 9.90 Å². The first-order valence-corrected chi connectivity index (χ1v) is 8.59. The van der Waals surface area contributed by atoms with E-state index in [4.69, 9.17) is 16.3 Å². The first-order valence-electron chi connectivity index (χ1n) is 8.22. The summed E-state index contributed by atoms with van der Waals surface area (Å²) >= 11 is 5.84. The van der Waals surface area contributed by atoms with Crippen LogP contribution in [0.25, 0.3) is 0 Å². The third kappa shape index (κ3) is 3.25. The summed E-state index contributed by atoms with van der Waals surface area (Å²) in [5.41, 5.74) is 1.79. The first-order chi connectivity index (χ1) is 10.9. The molecule has 124 valence electrons. The van der Waals surface area contributed by atoms with Gasteiger partial charge < -0.3 is 9.84 Å². The van der Waals surface area contributed by atoms with Gasteiger partial charge in [-0.2, -0.15) is 0 Å². The lowest BCUT2D eigenvalue weighted by Gasteiger charge is -2.56. The SMILES string of the molecule is CC1(C)C2CC=C(CCC(Oc3ccc(Cl)cc3)C(=O)O)C1C2. The molecular weight excluding hydrogens is 312 g/mol. The normalized spacial score (nSPS) is 26.0. The van der Waals surface area contributed by atoms with Gasteiger partial charge in [-0.05, 0) is 67.2 Å². The van der Waals surface area contributed by atoms with Gasteiger partial charge in [0.25, 0.3) is 0 Å². The van der Waals surface area contributed by atoms with E-state index in [0.29, 0.717) is 28.5 Å². The predicted molar refractivity (Wildman–Crippen MR) is 90.8 cm³/mol. The average Bonchev–Trinajstić information content (AvgIpc) is 2.52. The largest absolute Gasteiger partial charge is 0.479 e. The maximum atomic E-state index is 11.5. The fourth-order valence-electron chi connectivity index (χ4n) is 3.97. The molecule has 23 heavy (non-hydrogen) atoms. The molecule has 1 saturated carbocycles. The number of allylic oxidation sites excluding steroid dienone is 2. The first kappa shape index (κ1) is 16.4. The maximum Gasteiger partial charge on any atom is 0.344 e. The molecule has 1 aromatic rings. The molecule has 1 N–H and O–H groups in total. The highest BCUT2D eigenvalue weighted by Crippen LogP contribution is 2.59. The van der Waals surface area contributed by atoms with Gasteiger partial charge in [0.2, 0.25) is 0 Å². The van der Waals surface area contributed by atoms with Gasteiger partial charge in [-0.1, -0.05) is 37.1 Å². The molecule has 3 nitrogen and oxygen atoms in total. The van der Waals surface area contributed by atoms with Crippen molar-refractivity contribution in [2.45, 2.75) is 45.6 Å². The molecule has 3 aliphatic carbocycles. The fraction of sp³-hybridized carbons (Fsp3) is 0.526. The molecule has 1 fully saturated rings. The predicted octanol–water partition coefficient (Wildman–Crippen LogP) is 4.94. The number of rotatable bonds is 6. The molecule has 0 spiro atoms. The Balaban J connectivity index is 1.61. The number of hydrogen-bond donors (Lipinski definition) is 1. The van der Waals surface area contributed by atoms with E-state index in [0.717, 1.165) is 18.8 Å². The Hall–Kier alpha value is -1.48. The van der Waals surface area contributed by atoms with Gasteiger partial charge in [-0.3, -0.25) is 0 Å². The second-order valence-electron chi connectivity index (χ2n) is 7.26. The van der Waals surface area contributed by atoms with E-state index < -0.39 is 12.1 Å². The molecule has 2 bridgehead atoms. The summed E-state index contributed by atoms with van der Waals surface area (Å²) in [5, 5.41) is 10.0. The van der Waals surface area contributed by atoms with Crippen LogP contribution in [0.3, 0.4) is 0 Å². The second-order valence-corrected chi connectivity index (χ2v) is 7.70. The number of carbonyl (C=O) groups is 1. The molecule has 0 radical (unpaired) electrons. The van der Waals surface area contributed by atoms with Crippen molar-refractivity contribution in [3.63, 3.8) is 0 Å². The zero-order valence-corrected chi connectivity index (χ0v) is 14.3. The van der Waals surface area contributed by atoms with Gasteiger partial charge in [0.1, 0.15) is 5.75 Å². The topological polar surface area (TPSA) is 46.5 Å². The quantitative estimate of drug-likeness (QED) is 0.749. The lowest BCUT2D eigenvalue weighted by molar-refractivity contribution is -0.145.